The lowest BCUT2D eigenvalue weighted by atomic mass is 10.0. The number of carbonyl (C=O) groups excluding carboxylic acids is 1. The second-order valence-corrected chi connectivity index (χ2v) is 5.54. The highest BCUT2D eigenvalue weighted by Gasteiger charge is 2.31. The van der Waals surface area contributed by atoms with Crippen LogP contribution < -0.4 is 5.73 Å². The Bertz CT molecular complexity index is 965. The van der Waals surface area contributed by atoms with Gasteiger partial charge in [0.25, 0.3) is 5.91 Å². The van der Waals surface area contributed by atoms with Gasteiger partial charge in [-0.15, -0.1) is 0 Å². The van der Waals surface area contributed by atoms with E-state index in [0.717, 1.165) is 12.1 Å². The van der Waals surface area contributed by atoms with Crippen LogP contribution in [0.25, 0.3) is 5.69 Å². The molecule has 0 radical (unpaired) electrons. The molecule has 134 valence electrons. The zero-order chi connectivity index (χ0) is 18.9. The van der Waals surface area contributed by atoms with Crippen LogP contribution in [0.5, 0.6) is 0 Å². The van der Waals surface area contributed by atoms with E-state index in [9.17, 15) is 22.4 Å². The number of nitrogens with two attached hydrogens (primary N) is 1. The largest absolute Gasteiger partial charge is 0.416 e. The van der Waals surface area contributed by atoms with Crippen LogP contribution >= 0.6 is 0 Å². The van der Waals surface area contributed by atoms with Gasteiger partial charge in [-0.2, -0.15) is 18.3 Å². The van der Waals surface area contributed by atoms with Gasteiger partial charge in [0.1, 0.15) is 11.5 Å². The topological polar surface area (TPSA) is 73.8 Å². The van der Waals surface area contributed by atoms with E-state index < -0.39 is 23.5 Å². The molecule has 1 aromatic carbocycles. The normalized spacial score (nSPS) is 11.5. The Morgan fingerprint density at radius 2 is 1.92 bits per heavy atom. The number of benzene rings is 1. The van der Waals surface area contributed by atoms with Gasteiger partial charge in [0.2, 0.25) is 0 Å². The first-order chi connectivity index (χ1) is 12.2. The minimum Gasteiger partial charge on any atom is -0.364 e. The molecule has 3 rings (SSSR count). The second-order valence-electron chi connectivity index (χ2n) is 5.54. The van der Waals surface area contributed by atoms with Crippen LogP contribution in [-0.4, -0.2) is 20.7 Å². The van der Waals surface area contributed by atoms with Crippen molar-refractivity contribution in [3.8, 4) is 5.69 Å². The van der Waals surface area contributed by atoms with Gasteiger partial charge >= 0.3 is 6.18 Å². The molecule has 0 aliphatic heterocycles. The highest BCUT2D eigenvalue weighted by atomic mass is 19.4. The van der Waals surface area contributed by atoms with E-state index in [-0.39, 0.29) is 17.7 Å². The summed E-state index contributed by atoms with van der Waals surface area (Å²) in [5.74, 6) is -1.65. The van der Waals surface area contributed by atoms with Gasteiger partial charge in [0.15, 0.2) is 0 Å². The average Bonchev–Trinajstić information content (AvgIpc) is 3.04. The van der Waals surface area contributed by atoms with E-state index in [2.05, 4.69) is 10.1 Å². The molecule has 3 aromatic rings. The molecule has 26 heavy (non-hydrogen) atoms. The molecule has 0 saturated carbocycles. The van der Waals surface area contributed by atoms with Crippen molar-refractivity contribution in [2.24, 2.45) is 5.73 Å². The summed E-state index contributed by atoms with van der Waals surface area (Å²) >= 11 is 0. The van der Waals surface area contributed by atoms with E-state index in [1.54, 1.807) is 12.1 Å². The van der Waals surface area contributed by atoms with Crippen molar-refractivity contribution in [3.05, 3.63) is 77.1 Å². The maximum Gasteiger partial charge on any atom is 0.416 e. The molecule has 0 fully saturated rings. The number of carbonyl (C=O) groups is 1. The van der Waals surface area contributed by atoms with E-state index in [0.29, 0.717) is 17.4 Å². The molecule has 9 heteroatoms. The van der Waals surface area contributed by atoms with Crippen molar-refractivity contribution in [3.63, 3.8) is 0 Å². The molecule has 0 aliphatic carbocycles. The number of nitrogens with zero attached hydrogens (tertiary/aromatic N) is 3. The van der Waals surface area contributed by atoms with Gasteiger partial charge in [0.05, 0.1) is 11.3 Å². The van der Waals surface area contributed by atoms with E-state index in [1.165, 1.54) is 23.1 Å². The first-order valence-corrected chi connectivity index (χ1v) is 7.40. The fraction of sp³-hybridized carbons (Fsp3) is 0.118. The van der Waals surface area contributed by atoms with E-state index in [1.807, 2.05) is 0 Å². The molecule has 0 atom stereocenters. The molecule has 5 nitrogen and oxygen atoms in total. The van der Waals surface area contributed by atoms with Crippen LogP contribution in [0.15, 0.2) is 48.8 Å². The Morgan fingerprint density at radius 3 is 2.58 bits per heavy atom. The highest BCUT2D eigenvalue weighted by Crippen LogP contribution is 2.30. The number of alkyl halides is 3. The number of amides is 1. The molecule has 2 aromatic heterocycles. The quantitative estimate of drug-likeness (QED) is 0.723. The van der Waals surface area contributed by atoms with Crippen LogP contribution in [0.1, 0.15) is 27.3 Å². The fourth-order valence-electron chi connectivity index (χ4n) is 2.43. The van der Waals surface area contributed by atoms with Gasteiger partial charge in [-0.05, 0) is 42.0 Å². The lowest BCUT2D eigenvalue weighted by molar-refractivity contribution is -0.137. The van der Waals surface area contributed by atoms with E-state index >= 15 is 0 Å². The predicted octanol–water partition coefficient (Wildman–Crippen LogP) is 3.11. The smallest absolute Gasteiger partial charge is 0.364 e. The summed E-state index contributed by atoms with van der Waals surface area (Å²) in [4.78, 5) is 15.2. The standard InChI is InChI=1S/C17H12F4N4O/c18-12-6-10(5-11(8-12)17(19,20)21)7-13-9-14(1-3-23-13)25-4-2-15(24-25)16(22)26/h1-6,8-9H,7H2,(H2,22,26). The summed E-state index contributed by atoms with van der Waals surface area (Å²) in [6, 6.07) is 6.98. The SMILES string of the molecule is NC(=O)c1ccn(-c2ccnc(Cc3cc(F)cc(C(F)(F)F)c3)c2)n1. The lowest BCUT2D eigenvalue weighted by Crippen LogP contribution is -2.12. The minimum absolute atomic E-state index is 0.00136. The Hall–Kier alpha value is -3.23. The third kappa shape index (κ3) is 3.88. The van der Waals surface area contributed by atoms with Crippen LogP contribution in [0, 0.1) is 5.82 Å². The van der Waals surface area contributed by atoms with Crippen LogP contribution in [0.2, 0.25) is 0 Å². The van der Waals surface area contributed by atoms with Gasteiger partial charge < -0.3 is 5.73 Å². The molecule has 0 bridgehead atoms. The molecule has 1 amide bonds. The van der Waals surface area contributed by atoms with Crippen molar-refractivity contribution in [1.29, 1.82) is 0 Å². The Kier molecular flexibility index (Phi) is 4.45. The summed E-state index contributed by atoms with van der Waals surface area (Å²) in [6.45, 7) is 0. The number of halogens is 4. The summed E-state index contributed by atoms with van der Waals surface area (Å²) < 4.78 is 53.3. The van der Waals surface area contributed by atoms with Crippen molar-refractivity contribution < 1.29 is 22.4 Å². The first-order valence-electron chi connectivity index (χ1n) is 7.40. The summed E-state index contributed by atoms with van der Waals surface area (Å²) in [6.07, 6.45) is -1.67. The Labute approximate surface area is 145 Å². The van der Waals surface area contributed by atoms with Crippen LogP contribution in [0.3, 0.4) is 0 Å². The highest BCUT2D eigenvalue weighted by molar-refractivity contribution is 5.90. The molecule has 2 N–H and O–H groups in total. The minimum atomic E-state index is -4.63. The maximum absolute atomic E-state index is 13.5. The van der Waals surface area contributed by atoms with Gasteiger partial charge in [-0.1, -0.05) is 0 Å². The van der Waals surface area contributed by atoms with Crippen LogP contribution in [0.4, 0.5) is 17.6 Å². The molecule has 0 saturated heterocycles. The van der Waals surface area contributed by atoms with Crippen molar-refractivity contribution in [1.82, 2.24) is 14.8 Å². The van der Waals surface area contributed by atoms with E-state index in [4.69, 9.17) is 5.73 Å². The van der Waals surface area contributed by atoms with Crippen LogP contribution in [-0.2, 0) is 12.6 Å². The lowest BCUT2D eigenvalue weighted by Gasteiger charge is -2.10. The molecule has 2 heterocycles. The number of rotatable bonds is 4. The summed E-state index contributed by atoms with van der Waals surface area (Å²) in [5.41, 5.74) is 5.26. The third-order valence-corrected chi connectivity index (χ3v) is 3.58. The number of hydrogen-bond acceptors (Lipinski definition) is 3. The maximum atomic E-state index is 13.5. The van der Waals surface area contributed by atoms with Crippen molar-refractivity contribution in [2.75, 3.05) is 0 Å². The molecule has 0 spiro atoms. The van der Waals surface area contributed by atoms with Gasteiger partial charge in [0, 0.05) is 24.5 Å². The molecule has 0 unspecified atom stereocenters. The summed E-state index contributed by atoms with van der Waals surface area (Å²) in [5, 5.41) is 3.99. The van der Waals surface area contributed by atoms with Gasteiger partial charge in [-0.3, -0.25) is 9.78 Å². The third-order valence-electron chi connectivity index (χ3n) is 3.58. The Balaban J connectivity index is 1.89. The van der Waals surface area contributed by atoms with Gasteiger partial charge in [-0.25, -0.2) is 9.07 Å². The van der Waals surface area contributed by atoms with Crippen molar-refractivity contribution >= 4 is 5.91 Å². The fourth-order valence-corrected chi connectivity index (χ4v) is 2.43. The average molecular weight is 364 g/mol. The number of primary amides is 1. The summed E-state index contributed by atoms with van der Waals surface area (Å²) in [7, 11) is 0. The second kappa shape index (κ2) is 6.58. The molecular formula is C17H12F4N4O. The zero-order valence-electron chi connectivity index (χ0n) is 13.2. The first kappa shape index (κ1) is 17.6. The Morgan fingerprint density at radius 1 is 1.15 bits per heavy atom. The van der Waals surface area contributed by atoms with Crippen molar-refractivity contribution in [2.45, 2.75) is 12.6 Å². The monoisotopic (exact) mass is 364 g/mol. The molecule has 0 aliphatic rings. The number of pyridine rings is 1. The molecular weight excluding hydrogens is 352 g/mol. The number of aromatic nitrogens is 3. The predicted molar refractivity (Wildman–Crippen MR) is 84.1 cm³/mol. The zero-order valence-corrected chi connectivity index (χ0v) is 13.2. The number of hydrogen-bond donors (Lipinski definition) is 1.